The quantitative estimate of drug-likeness (QED) is 0.0680. The highest BCUT2D eigenvalue weighted by Crippen LogP contribution is 2.33. The second kappa shape index (κ2) is 27.1. The van der Waals surface area contributed by atoms with Crippen LogP contribution in [0.25, 0.3) is 84.5 Å². The van der Waals surface area contributed by atoms with Gasteiger partial charge in [0.25, 0.3) is 17.7 Å². The highest BCUT2D eigenvalue weighted by molar-refractivity contribution is 7.99. The van der Waals surface area contributed by atoms with Gasteiger partial charge in [0.2, 0.25) is 0 Å². The summed E-state index contributed by atoms with van der Waals surface area (Å²) < 4.78 is 44.1. The van der Waals surface area contributed by atoms with Crippen LogP contribution in [0.4, 0.5) is 0 Å². The predicted octanol–water partition coefficient (Wildman–Crippen LogP) is 12.9. The van der Waals surface area contributed by atoms with Crippen LogP contribution in [-0.4, -0.2) is 109 Å². The predicted molar refractivity (Wildman–Crippen MR) is 364 cm³/mol. The number of fused-ring (bicyclic) bond motifs is 3. The van der Waals surface area contributed by atoms with Crippen molar-refractivity contribution in [1.82, 2.24) is 59.1 Å². The maximum absolute atomic E-state index is 12.8. The molecular formula is C72H66N12O6S3. The molecule has 12 aromatic rings. The average molecular weight is 1290 g/mol. The molecule has 6 aromatic heterocycles. The standard InChI is InChI=1S/C24H22N4O3S.C24H22N4O2S.C24H22N4OS/c1-2-32(30,31)24-22-25-14-21(28(22)15-20(27-24)16-6-4-3-5-7-16)17-8-10-18(11-9-17)23(29)26-19-12-13-19;1-2-31(30)24-22-25-14-21(28(22)15-20(27-24)16-6-4-3-5-7-16)17-8-10-18(11-9-17)23(29)26-19-12-13-19;1-2-30-24-22-25-14-21(28(22)15-20(27-24)16-6-4-3-5-7-16)17-8-10-18(11-9-17)23(29)26-19-12-13-19/h3-11,14-15,19H,2,12-13H2,1H3,(H,26,29);3-11,14-15,19H,2,12-13H2,1H3,(H,26,29);3-11,14-15,19H,2,12-13H2,1H3,(H,26,29). The fraction of sp³-hybridized carbons (Fsp3) is 0.208. The number of sulfone groups is 1. The molecule has 1 unspecified atom stereocenters. The SMILES string of the molecule is CCS(=O)(=O)c1nc(-c2ccccc2)cn2c(-c3ccc(C(=O)NC4CC4)cc3)cnc12.CCS(=O)c1nc(-c2ccccc2)cn2c(-c3ccc(C(=O)NC4CC4)cc3)cnc12.CCSc1nc(-c2ccccc2)cn2c(-c3ccc(C(=O)NC4CC4)cc3)cnc12. The lowest BCUT2D eigenvalue weighted by Gasteiger charge is -2.10. The summed E-state index contributed by atoms with van der Waals surface area (Å²) >= 11 is 1.69. The van der Waals surface area contributed by atoms with Gasteiger partial charge in [-0.2, -0.15) is 0 Å². The van der Waals surface area contributed by atoms with Gasteiger partial charge in [-0.05, 0) is 80.7 Å². The second-order valence-electron chi connectivity index (χ2n) is 22.8. The van der Waals surface area contributed by atoms with Gasteiger partial charge in [0.05, 0.1) is 69.3 Å². The molecule has 21 heteroatoms. The molecule has 15 rings (SSSR count). The van der Waals surface area contributed by atoms with E-state index in [0.29, 0.717) is 56.9 Å². The van der Waals surface area contributed by atoms with Crippen LogP contribution in [0.3, 0.4) is 0 Å². The number of thioether (sulfide) groups is 1. The summed E-state index contributed by atoms with van der Waals surface area (Å²) in [6.45, 7) is 5.59. The zero-order valence-corrected chi connectivity index (χ0v) is 53.8. The van der Waals surface area contributed by atoms with Gasteiger partial charge >= 0.3 is 0 Å². The molecule has 3 fully saturated rings. The molecule has 3 N–H and O–H groups in total. The molecule has 0 saturated heterocycles. The molecule has 3 amide bonds. The molecule has 0 aliphatic heterocycles. The van der Waals surface area contributed by atoms with Crippen molar-refractivity contribution in [3.63, 3.8) is 0 Å². The number of rotatable bonds is 18. The first-order valence-corrected chi connectivity index (χ1v) is 35.1. The maximum Gasteiger partial charge on any atom is 0.251 e. The van der Waals surface area contributed by atoms with Crippen LogP contribution in [0, 0.1) is 0 Å². The lowest BCUT2D eigenvalue weighted by Crippen LogP contribution is -2.25. The fourth-order valence-corrected chi connectivity index (χ4v) is 13.0. The van der Waals surface area contributed by atoms with Crippen LogP contribution >= 0.6 is 11.8 Å². The Morgan fingerprint density at radius 3 is 1.19 bits per heavy atom. The zero-order valence-electron chi connectivity index (χ0n) is 51.3. The van der Waals surface area contributed by atoms with Crippen molar-refractivity contribution >= 4 is 67.1 Å². The first-order chi connectivity index (χ1) is 45.3. The number of carbonyl (C=O) groups excluding carboxylic acids is 3. The van der Waals surface area contributed by atoms with Crippen molar-refractivity contribution < 1.29 is 27.0 Å². The van der Waals surface area contributed by atoms with E-state index in [9.17, 15) is 27.0 Å². The highest BCUT2D eigenvalue weighted by atomic mass is 32.2. The second-order valence-corrected chi connectivity index (χ2v) is 28.0. The number of carbonyl (C=O) groups is 3. The number of benzene rings is 6. The number of imidazole rings is 3. The molecule has 3 saturated carbocycles. The Morgan fingerprint density at radius 1 is 0.462 bits per heavy atom. The Labute approximate surface area is 544 Å². The van der Waals surface area contributed by atoms with E-state index in [1.54, 1.807) is 53.8 Å². The van der Waals surface area contributed by atoms with E-state index >= 15 is 0 Å². The summed E-state index contributed by atoms with van der Waals surface area (Å²) in [7, 11) is -4.84. The third-order valence-electron chi connectivity index (χ3n) is 16.1. The summed E-state index contributed by atoms with van der Waals surface area (Å²) in [5.74, 6) is 1.20. The van der Waals surface area contributed by atoms with E-state index in [-0.39, 0.29) is 34.1 Å². The first kappa shape index (κ1) is 61.9. The molecule has 0 bridgehead atoms. The largest absolute Gasteiger partial charge is 0.349 e. The minimum absolute atomic E-state index is 0.000567. The zero-order chi connectivity index (χ0) is 64.2. The van der Waals surface area contributed by atoms with Crippen molar-refractivity contribution in [1.29, 1.82) is 0 Å². The van der Waals surface area contributed by atoms with E-state index in [2.05, 4.69) is 64.3 Å². The Bertz CT molecular complexity index is 4860. The van der Waals surface area contributed by atoms with Gasteiger partial charge in [0.15, 0.2) is 36.8 Å². The van der Waals surface area contributed by atoms with Gasteiger partial charge in [-0.3, -0.25) is 31.8 Å². The molecule has 18 nitrogen and oxygen atoms in total. The Kier molecular flexibility index (Phi) is 18.0. The van der Waals surface area contributed by atoms with Crippen molar-refractivity contribution in [2.75, 3.05) is 17.3 Å². The number of nitrogens with one attached hydrogen (secondary N) is 3. The van der Waals surface area contributed by atoms with Crippen molar-refractivity contribution in [3.05, 3.63) is 218 Å². The van der Waals surface area contributed by atoms with Gasteiger partial charge in [0.1, 0.15) is 5.03 Å². The van der Waals surface area contributed by atoms with Crippen LogP contribution in [0.15, 0.2) is 216 Å². The lowest BCUT2D eigenvalue weighted by molar-refractivity contribution is 0.0942. The first-order valence-electron chi connectivity index (χ1n) is 31.1. The van der Waals surface area contributed by atoms with Crippen LogP contribution in [0.2, 0.25) is 0 Å². The van der Waals surface area contributed by atoms with E-state index in [4.69, 9.17) is 4.98 Å². The Hall–Kier alpha value is -9.96. The van der Waals surface area contributed by atoms with Crippen LogP contribution in [0.5, 0.6) is 0 Å². The minimum atomic E-state index is -3.60. The van der Waals surface area contributed by atoms with Gasteiger partial charge in [0, 0.05) is 92.5 Å². The third-order valence-corrected chi connectivity index (χ3v) is 19.8. The third kappa shape index (κ3) is 14.0. The molecule has 0 spiro atoms. The molecule has 1 atom stereocenters. The summed E-state index contributed by atoms with van der Waals surface area (Å²) in [5.41, 5.74) is 14.0. The van der Waals surface area contributed by atoms with Gasteiger partial charge in [-0.25, -0.2) is 38.3 Å². The molecule has 468 valence electrons. The molecule has 0 radical (unpaired) electrons. The van der Waals surface area contributed by atoms with Crippen molar-refractivity contribution in [2.45, 2.75) is 92.5 Å². The van der Waals surface area contributed by atoms with Crippen LogP contribution < -0.4 is 16.0 Å². The minimum Gasteiger partial charge on any atom is -0.349 e. The number of aromatic nitrogens is 9. The molecule has 93 heavy (non-hydrogen) atoms. The van der Waals surface area contributed by atoms with E-state index in [1.807, 2.05) is 169 Å². The summed E-state index contributed by atoms with van der Waals surface area (Å²) in [6, 6.07) is 52.9. The molecule has 6 aromatic carbocycles. The number of hydrogen-bond donors (Lipinski definition) is 3. The molecule has 3 aliphatic carbocycles. The summed E-state index contributed by atoms with van der Waals surface area (Å²) in [6.07, 6.45) is 17.4. The van der Waals surface area contributed by atoms with E-state index in [0.717, 1.165) is 117 Å². The average Bonchev–Trinajstić information content (AvgIpc) is 1.61. The van der Waals surface area contributed by atoms with Gasteiger partial charge < -0.3 is 16.0 Å². The van der Waals surface area contributed by atoms with Crippen LogP contribution in [-0.2, 0) is 20.6 Å². The Morgan fingerprint density at radius 2 is 0.817 bits per heavy atom. The van der Waals surface area contributed by atoms with Gasteiger partial charge in [-0.15, -0.1) is 11.8 Å². The van der Waals surface area contributed by atoms with E-state index in [1.165, 1.54) is 0 Å². The Balaban J connectivity index is 0.000000127. The number of amides is 3. The smallest absolute Gasteiger partial charge is 0.251 e. The van der Waals surface area contributed by atoms with Crippen molar-refractivity contribution in [2.24, 2.45) is 0 Å². The molecule has 6 heterocycles. The van der Waals surface area contributed by atoms with Crippen LogP contribution in [0.1, 0.15) is 90.4 Å². The van der Waals surface area contributed by atoms with Crippen molar-refractivity contribution in [3.8, 4) is 67.5 Å². The maximum atomic E-state index is 12.8. The van der Waals surface area contributed by atoms with E-state index < -0.39 is 20.6 Å². The topological polar surface area (TPSA) is 229 Å². The summed E-state index contributed by atoms with van der Waals surface area (Å²) in [5, 5.41) is 10.4. The molecular weight excluding hydrogens is 1230 g/mol. The fourth-order valence-electron chi connectivity index (χ4n) is 10.5. The highest BCUT2D eigenvalue weighted by Gasteiger charge is 2.28. The monoisotopic (exact) mass is 1290 g/mol. The lowest BCUT2D eigenvalue weighted by atomic mass is 10.1. The van der Waals surface area contributed by atoms with Gasteiger partial charge in [-0.1, -0.05) is 148 Å². The summed E-state index contributed by atoms with van der Waals surface area (Å²) in [4.78, 5) is 64.5. The number of hydrogen-bond acceptors (Lipinski definition) is 13. The molecule has 3 aliphatic rings. The number of nitrogens with zero attached hydrogens (tertiary/aromatic N) is 9. The normalized spacial score (nSPS) is 14.0.